The van der Waals surface area contributed by atoms with E-state index in [0.29, 0.717) is 16.9 Å². The molecule has 3 rings (SSSR count). The van der Waals surface area contributed by atoms with E-state index in [9.17, 15) is 18.0 Å². The van der Waals surface area contributed by atoms with E-state index in [1.165, 1.54) is 18.5 Å². The highest BCUT2D eigenvalue weighted by Gasteiger charge is 2.30. The van der Waals surface area contributed by atoms with E-state index in [1.54, 1.807) is 24.3 Å². The second-order valence-corrected chi connectivity index (χ2v) is 7.83. The lowest BCUT2D eigenvalue weighted by atomic mass is 10.1. The van der Waals surface area contributed by atoms with E-state index in [1.807, 2.05) is 31.2 Å². The summed E-state index contributed by atoms with van der Waals surface area (Å²) >= 11 is 5.22. The predicted octanol–water partition coefficient (Wildman–Crippen LogP) is 5.73. The molecule has 3 aromatic rings. The number of hydrogen-bond acceptors (Lipinski definition) is 4. The third-order valence-corrected chi connectivity index (χ3v) is 4.99. The number of alkyl halides is 3. The van der Waals surface area contributed by atoms with Crippen LogP contribution in [0.1, 0.15) is 18.1 Å². The van der Waals surface area contributed by atoms with E-state index in [2.05, 4.69) is 30.7 Å². The van der Waals surface area contributed by atoms with E-state index >= 15 is 0 Å². The van der Waals surface area contributed by atoms with Crippen molar-refractivity contribution >= 4 is 52.6 Å². The number of nitrogens with zero attached hydrogens (tertiary/aromatic N) is 2. The number of para-hydroxylation sites is 1. The van der Waals surface area contributed by atoms with E-state index in [0.717, 1.165) is 29.8 Å². The molecule has 3 aromatic carbocycles. The van der Waals surface area contributed by atoms with E-state index in [4.69, 9.17) is 18.0 Å². The van der Waals surface area contributed by atoms with Crippen LogP contribution in [-0.2, 0) is 6.42 Å². The van der Waals surface area contributed by atoms with Crippen molar-refractivity contribution in [2.24, 2.45) is 15.7 Å². The van der Waals surface area contributed by atoms with Crippen molar-refractivity contribution in [1.82, 2.24) is 5.32 Å². The van der Waals surface area contributed by atoms with Crippen LogP contribution in [0.4, 0.5) is 35.0 Å². The monoisotopic (exact) mass is 528 g/mol. The number of carbonyl (C=O) groups excluding carboxylic acids is 1. The highest BCUT2D eigenvalue weighted by Crippen LogP contribution is 2.24. The number of hydrogen-bond donors (Lipinski definition) is 4. The van der Waals surface area contributed by atoms with Crippen molar-refractivity contribution in [3.63, 3.8) is 0 Å². The Labute approximate surface area is 216 Å². The molecule has 37 heavy (non-hydrogen) atoms. The molecule has 0 aliphatic heterocycles. The van der Waals surface area contributed by atoms with Crippen molar-refractivity contribution in [1.29, 1.82) is 0 Å². The van der Waals surface area contributed by atoms with E-state index < -0.39 is 12.4 Å². The topological polar surface area (TPSA) is 113 Å². The fourth-order valence-corrected chi connectivity index (χ4v) is 3.26. The van der Waals surface area contributed by atoms with Crippen molar-refractivity contribution in [2.45, 2.75) is 19.7 Å². The summed E-state index contributed by atoms with van der Waals surface area (Å²) in [5.74, 6) is -0.200. The number of benzene rings is 3. The molecular formula is C25H23F3N6O2S. The third-order valence-electron chi connectivity index (χ3n) is 4.79. The van der Waals surface area contributed by atoms with Gasteiger partial charge in [0.15, 0.2) is 5.11 Å². The molecular weight excluding hydrogens is 505 g/mol. The Morgan fingerprint density at radius 2 is 1.70 bits per heavy atom. The van der Waals surface area contributed by atoms with Crippen molar-refractivity contribution in [2.75, 3.05) is 10.6 Å². The number of aryl methyl sites for hydroxylation is 1. The molecule has 2 amide bonds. The lowest BCUT2D eigenvalue weighted by Crippen LogP contribution is -2.37. The molecule has 0 unspecified atom stereocenters. The number of urea groups is 1. The van der Waals surface area contributed by atoms with Crippen molar-refractivity contribution in [3.05, 3.63) is 83.9 Å². The van der Waals surface area contributed by atoms with Gasteiger partial charge in [0.25, 0.3) is 0 Å². The highest BCUT2D eigenvalue weighted by atomic mass is 32.1. The van der Waals surface area contributed by atoms with Gasteiger partial charge < -0.3 is 21.1 Å². The van der Waals surface area contributed by atoms with Gasteiger partial charge in [0.2, 0.25) is 0 Å². The molecule has 0 saturated heterocycles. The molecule has 0 radical (unpaired) electrons. The largest absolute Gasteiger partial charge is 0.573 e. The normalized spacial score (nSPS) is 11.7. The minimum atomic E-state index is -4.76. The number of halogens is 3. The maximum Gasteiger partial charge on any atom is 0.573 e. The van der Waals surface area contributed by atoms with E-state index in [-0.39, 0.29) is 16.7 Å². The first-order valence-corrected chi connectivity index (χ1v) is 11.3. The fraction of sp³-hybridized carbons (Fsp3) is 0.120. The number of amidine groups is 1. The number of nitrogens with two attached hydrogens (primary N) is 1. The van der Waals surface area contributed by atoms with Crippen LogP contribution in [0.15, 0.2) is 82.8 Å². The average molecular weight is 529 g/mol. The summed E-state index contributed by atoms with van der Waals surface area (Å²) in [6.45, 7) is 2.02. The van der Waals surface area contributed by atoms with Gasteiger partial charge in [-0.25, -0.2) is 14.8 Å². The zero-order valence-electron chi connectivity index (χ0n) is 19.5. The van der Waals surface area contributed by atoms with Gasteiger partial charge in [-0.05, 0) is 78.8 Å². The lowest BCUT2D eigenvalue weighted by Gasteiger charge is -2.13. The molecule has 0 atom stereocenters. The first-order chi connectivity index (χ1) is 17.6. The van der Waals surface area contributed by atoms with Gasteiger partial charge in [-0.1, -0.05) is 25.1 Å². The van der Waals surface area contributed by atoms with Crippen LogP contribution >= 0.6 is 12.2 Å². The second kappa shape index (κ2) is 12.5. The standard InChI is InChI=1S/C25H23F3N6O2S/c1-2-16-5-3-4-6-21(16)33-24(37)34-23(35)32-19-9-7-17(8-10-19)22(29)31-15-30-18-11-13-20(14-12-18)36-25(26,27)28/h3-15H,2H2,1H3,(H2,29,30,31)(H3,32,33,34,35,37). The van der Waals surface area contributed by atoms with Crippen molar-refractivity contribution in [3.8, 4) is 5.75 Å². The number of rotatable bonds is 7. The van der Waals surface area contributed by atoms with Crippen LogP contribution in [0, 0.1) is 0 Å². The molecule has 8 nitrogen and oxygen atoms in total. The van der Waals surface area contributed by atoms with Gasteiger partial charge >= 0.3 is 12.4 Å². The van der Waals surface area contributed by atoms with Gasteiger partial charge in [-0.15, -0.1) is 13.2 Å². The summed E-state index contributed by atoms with van der Waals surface area (Å²) in [5, 5.41) is 8.40. The number of ether oxygens (including phenoxy) is 1. The van der Waals surface area contributed by atoms with Crippen molar-refractivity contribution < 1.29 is 22.7 Å². The zero-order valence-corrected chi connectivity index (χ0v) is 20.4. The number of amides is 2. The minimum absolute atomic E-state index is 0.150. The predicted molar refractivity (Wildman–Crippen MR) is 143 cm³/mol. The molecule has 0 saturated carbocycles. The summed E-state index contributed by atoms with van der Waals surface area (Å²) in [6, 6.07) is 18.7. The number of anilines is 2. The molecule has 0 bridgehead atoms. The highest BCUT2D eigenvalue weighted by molar-refractivity contribution is 7.80. The second-order valence-electron chi connectivity index (χ2n) is 7.42. The van der Waals surface area contributed by atoms with Crippen LogP contribution < -0.4 is 26.4 Å². The number of aliphatic imine (C=N–C) groups is 2. The Morgan fingerprint density at radius 3 is 2.35 bits per heavy atom. The van der Waals surface area contributed by atoms with Gasteiger partial charge in [-0.2, -0.15) is 0 Å². The molecule has 12 heteroatoms. The quantitative estimate of drug-likeness (QED) is 0.178. The van der Waals surface area contributed by atoms with Crippen LogP contribution in [-0.4, -0.2) is 29.7 Å². The fourth-order valence-electron chi connectivity index (χ4n) is 3.06. The maximum atomic E-state index is 12.3. The van der Waals surface area contributed by atoms with Gasteiger partial charge in [0.1, 0.15) is 17.9 Å². The summed E-state index contributed by atoms with van der Waals surface area (Å²) in [7, 11) is 0. The Kier molecular flexibility index (Phi) is 9.16. The third kappa shape index (κ3) is 8.93. The molecule has 0 aliphatic carbocycles. The van der Waals surface area contributed by atoms with Gasteiger partial charge in [0, 0.05) is 16.9 Å². The molecule has 0 spiro atoms. The van der Waals surface area contributed by atoms with Gasteiger partial charge in [0.05, 0.1) is 5.69 Å². The van der Waals surface area contributed by atoms with Crippen LogP contribution in [0.3, 0.4) is 0 Å². The smallest absolute Gasteiger partial charge is 0.406 e. The zero-order chi connectivity index (χ0) is 26.8. The lowest BCUT2D eigenvalue weighted by molar-refractivity contribution is -0.274. The molecule has 0 aromatic heterocycles. The number of thiocarbonyl (C=S) groups is 1. The Morgan fingerprint density at radius 1 is 1.03 bits per heavy atom. The summed E-state index contributed by atoms with van der Waals surface area (Å²) in [6.07, 6.45) is -2.76. The summed E-state index contributed by atoms with van der Waals surface area (Å²) in [5.41, 5.74) is 9.28. The SMILES string of the molecule is CCc1ccccc1NC(=S)NC(=O)Nc1ccc(C(N)=NC=Nc2ccc(OC(F)(F)F)cc2)cc1. The summed E-state index contributed by atoms with van der Waals surface area (Å²) < 4.78 is 40.4. The number of nitrogens with one attached hydrogen (secondary N) is 3. The molecule has 0 heterocycles. The minimum Gasteiger partial charge on any atom is -0.406 e. The first kappa shape index (κ1) is 27.1. The molecule has 0 fully saturated rings. The van der Waals surface area contributed by atoms with Crippen LogP contribution in [0.25, 0.3) is 0 Å². The average Bonchev–Trinajstić information content (AvgIpc) is 2.84. The molecule has 5 N–H and O–H groups in total. The number of carbonyl (C=O) groups is 1. The van der Waals surface area contributed by atoms with Gasteiger partial charge in [-0.3, -0.25) is 5.32 Å². The van der Waals surface area contributed by atoms with Crippen LogP contribution in [0.2, 0.25) is 0 Å². The Bertz CT molecular complexity index is 1290. The van der Waals surface area contributed by atoms with Crippen LogP contribution in [0.5, 0.6) is 5.75 Å². The molecule has 0 aliphatic rings. The summed E-state index contributed by atoms with van der Waals surface area (Å²) in [4.78, 5) is 20.3. The Hall–Kier alpha value is -4.45. The first-order valence-electron chi connectivity index (χ1n) is 10.9. The maximum absolute atomic E-state index is 12.3. The Balaban J connectivity index is 1.52. The molecule has 192 valence electrons.